The van der Waals surface area contributed by atoms with Gasteiger partial charge in [0.1, 0.15) is 5.82 Å². The van der Waals surface area contributed by atoms with E-state index in [1.807, 2.05) is 30.3 Å². The summed E-state index contributed by atoms with van der Waals surface area (Å²) in [6.45, 7) is 1.99. The van der Waals surface area contributed by atoms with Crippen molar-refractivity contribution >= 4 is 28.5 Å². The fourth-order valence-corrected chi connectivity index (χ4v) is 3.91. The lowest BCUT2D eigenvalue weighted by Gasteiger charge is -2.18. The van der Waals surface area contributed by atoms with Crippen LogP contribution in [0.4, 0.5) is 5.82 Å². The molecule has 1 atom stereocenters. The van der Waals surface area contributed by atoms with Crippen LogP contribution >= 0.6 is 0 Å². The zero-order valence-corrected chi connectivity index (χ0v) is 17.4. The van der Waals surface area contributed by atoms with Gasteiger partial charge in [0.15, 0.2) is 0 Å². The summed E-state index contributed by atoms with van der Waals surface area (Å²) in [5.41, 5.74) is 8.44. The first-order valence-electron chi connectivity index (χ1n) is 10.2. The normalized spacial score (nSPS) is 15.9. The van der Waals surface area contributed by atoms with Crippen molar-refractivity contribution in [3.05, 3.63) is 65.5 Å². The summed E-state index contributed by atoms with van der Waals surface area (Å²) in [5.74, 6) is -0.0239. The smallest absolute Gasteiger partial charge is 0.257 e. The SMILES string of the molecule is COCCNC(=O)c1cc(C2CCN(C(=O)c3cccnc3N)C2)nc2ccccc12. The second-order valence-corrected chi connectivity index (χ2v) is 7.53. The minimum absolute atomic E-state index is 0.0389. The number of carbonyl (C=O) groups is 2. The van der Waals surface area contributed by atoms with E-state index in [0.29, 0.717) is 37.4 Å². The van der Waals surface area contributed by atoms with Gasteiger partial charge in [0.25, 0.3) is 11.8 Å². The van der Waals surface area contributed by atoms with Crippen molar-refractivity contribution in [2.45, 2.75) is 12.3 Å². The summed E-state index contributed by atoms with van der Waals surface area (Å²) in [6, 6.07) is 12.8. The number of nitrogen functional groups attached to an aromatic ring is 1. The first kappa shape index (κ1) is 20.7. The third kappa shape index (κ3) is 4.34. The first-order valence-corrected chi connectivity index (χ1v) is 10.2. The molecule has 0 saturated carbocycles. The Bertz CT molecular complexity index is 1120. The van der Waals surface area contributed by atoms with E-state index in [-0.39, 0.29) is 23.6 Å². The Hall–Kier alpha value is -3.52. The summed E-state index contributed by atoms with van der Waals surface area (Å²) in [7, 11) is 1.60. The molecular weight excluding hydrogens is 394 g/mol. The van der Waals surface area contributed by atoms with Crippen molar-refractivity contribution in [1.82, 2.24) is 20.2 Å². The largest absolute Gasteiger partial charge is 0.383 e. The van der Waals surface area contributed by atoms with Crippen molar-refractivity contribution in [1.29, 1.82) is 0 Å². The first-order chi connectivity index (χ1) is 15.1. The van der Waals surface area contributed by atoms with E-state index in [9.17, 15) is 9.59 Å². The molecule has 31 heavy (non-hydrogen) atoms. The fourth-order valence-electron chi connectivity index (χ4n) is 3.91. The van der Waals surface area contributed by atoms with Crippen molar-refractivity contribution < 1.29 is 14.3 Å². The fraction of sp³-hybridized carbons (Fsp3) is 0.304. The van der Waals surface area contributed by atoms with Crippen LogP contribution in [0.3, 0.4) is 0 Å². The number of methoxy groups -OCH3 is 1. The molecule has 4 rings (SSSR count). The lowest BCUT2D eigenvalue weighted by molar-refractivity contribution is 0.0791. The van der Waals surface area contributed by atoms with Gasteiger partial charge in [-0.15, -0.1) is 0 Å². The molecule has 0 radical (unpaired) electrons. The number of rotatable bonds is 6. The standard InChI is InChI=1S/C23H25N5O3/c1-31-12-10-26-22(29)18-13-20(27-19-7-3-2-5-16(18)19)15-8-11-28(14-15)23(30)17-6-4-9-25-21(17)24/h2-7,9,13,15H,8,10-12,14H2,1H3,(H2,24,25)(H,26,29). The van der Waals surface area contributed by atoms with Gasteiger partial charge in [0.05, 0.1) is 23.3 Å². The van der Waals surface area contributed by atoms with Crippen LogP contribution in [0.25, 0.3) is 10.9 Å². The molecule has 0 bridgehead atoms. The highest BCUT2D eigenvalue weighted by atomic mass is 16.5. The van der Waals surface area contributed by atoms with Crippen LogP contribution < -0.4 is 11.1 Å². The van der Waals surface area contributed by atoms with E-state index in [4.69, 9.17) is 15.5 Å². The van der Waals surface area contributed by atoms with E-state index < -0.39 is 0 Å². The molecule has 8 nitrogen and oxygen atoms in total. The van der Waals surface area contributed by atoms with E-state index in [2.05, 4.69) is 10.3 Å². The highest BCUT2D eigenvalue weighted by Crippen LogP contribution is 2.30. The molecule has 1 aliphatic rings. The molecule has 2 amide bonds. The van der Waals surface area contributed by atoms with Crippen LogP contribution in [0, 0.1) is 0 Å². The molecule has 160 valence electrons. The predicted octanol–water partition coefficient (Wildman–Crippen LogP) is 2.22. The Labute approximate surface area is 180 Å². The lowest BCUT2D eigenvalue weighted by atomic mass is 9.99. The molecule has 1 saturated heterocycles. The highest BCUT2D eigenvalue weighted by molar-refractivity contribution is 6.06. The van der Waals surface area contributed by atoms with Gasteiger partial charge in [-0.25, -0.2) is 4.98 Å². The zero-order chi connectivity index (χ0) is 21.8. The third-order valence-electron chi connectivity index (χ3n) is 5.54. The van der Waals surface area contributed by atoms with Crippen LogP contribution in [0.2, 0.25) is 0 Å². The number of pyridine rings is 2. The summed E-state index contributed by atoms with van der Waals surface area (Å²) in [6.07, 6.45) is 2.33. The van der Waals surface area contributed by atoms with Crippen LogP contribution in [-0.2, 0) is 4.74 Å². The second kappa shape index (κ2) is 9.09. The molecule has 1 unspecified atom stereocenters. The van der Waals surface area contributed by atoms with E-state index in [1.165, 1.54) is 0 Å². The Morgan fingerprint density at radius 3 is 2.87 bits per heavy atom. The predicted molar refractivity (Wildman–Crippen MR) is 118 cm³/mol. The van der Waals surface area contributed by atoms with Crippen molar-refractivity contribution in [2.24, 2.45) is 0 Å². The summed E-state index contributed by atoms with van der Waals surface area (Å²) in [4.78, 5) is 36.3. The Morgan fingerprint density at radius 2 is 2.06 bits per heavy atom. The number of amides is 2. The molecular formula is C23H25N5O3. The van der Waals surface area contributed by atoms with Crippen molar-refractivity contribution in [2.75, 3.05) is 39.1 Å². The number of ether oxygens (including phenoxy) is 1. The highest BCUT2D eigenvalue weighted by Gasteiger charge is 2.30. The number of hydrogen-bond acceptors (Lipinski definition) is 6. The van der Waals surface area contributed by atoms with Crippen molar-refractivity contribution in [3.63, 3.8) is 0 Å². The average Bonchev–Trinajstić information content (AvgIpc) is 3.29. The minimum atomic E-state index is -0.161. The molecule has 0 aliphatic carbocycles. The third-order valence-corrected chi connectivity index (χ3v) is 5.54. The van der Waals surface area contributed by atoms with Gasteiger partial charge < -0.3 is 20.7 Å². The van der Waals surface area contributed by atoms with Crippen LogP contribution in [0.1, 0.15) is 38.7 Å². The molecule has 3 heterocycles. The van der Waals surface area contributed by atoms with Crippen LogP contribution in [0.15, 0.2) is 48.7 Å². The minimum Gasteiger partial charge on any atom is -0.383 e. The average molecular weight is 419 g/mol. The summed E-state index contributed by atoms with van der Waals surface area (Å²) < 4.78 is 5.02. The molecule has 3 aromatic rings. The number of carbonyl (C=O) groups excluding carboxylic acids is 2. The number of fused-ring (bicyclic) bond motifs is 1. The van der Waals surface area contributed by atoms with Gasteiger partial charge >= 0.3 is 0 Å². The zero-order valence-electron chi connectivity index (χ0n) is 17.4. The summed E-state index contributed by atoms with van der Waals surface area (Å²) in [5, 5.41) is 3.69. The molecule has 8 heteroatoms. The van der Waals surface area contributed by atoms with E-state index in [0.717, 1.165) is 23.0 Å². The maximum atomic E-state index is 12.9. The Balaban J connectivity index is 1.59. The molecule has 1 aromatic carbocycles. The van der Waals surface area contributed by atoms with Crippen LogP contribution in [0.5, 0.6) is 0 Å². The van der Waals surface area contributed by atoms with Gasteiger partial charge in [-0.2, -0.15) is 0 Å². The number of hydrogen-bond donors (Lipinski definition) is 2. The second-order valence-electron chi connectivity index (χ2n) is 7.53. The van der Waals surface area contributed by atoms with Gasteiger partial charge in [-0.3, -0.25) is 14.6 Å². The lowest BCUT2D eigenvalue weighted by Crippen LogP contribution is -2.29. The summed E-state index contributed by atoms with van der Waals surface area (Å²) >= 11 is 0. The Morgan fingerprint density at radius 1 is 1.23 bits per heavy atom. The number of aromatic nitrogens is 2. The number of benzene rings is 1. The molecule has 2 aromatic heterocycles. The number of para-hydroxylation sites is 1. The number of anilines is 1. The van der Waals surface area contributed by atoms with Crippen LogP contribution in [-0.4, -0.2) is 60.0 Å². The number of nitrogens with two attached hydrogens (primary N) is 1. The maximum absolute atomic E-state index is 12.9. The monoisotopic (exact) mass is 419 g/mol. The molecule has 1 aliphatic heterocycles. The number of nitrogens with one attached hydrogen (secondary N) is 1. The number of nitrogens with zero attached hydrogens (tertiary/aromatic N) is 3. The van der Waals surface area contributed by atoms with Gasteiger partial charge in [0, 0.05) is 49.9 Å². The molecule has 1 fully saturated rings. The topological polar surface area (TPSA) is 110 Å². The van der Waals surface area contributed by atoms with Crippen molar-refractivity contribution in [3.8, 4) is 0 Å². The van der Waals surface area contributed by atoms with E-state index >= 15 is 0 Å². The molecule has 0 spiro atoms. The Kier molecular flexibility index (Phi) is 6.08. The van der Waals surface area contributed by atoms with Gasteiger partial charge in [0.2, 0.25) is 0 Å². The van der Waals surface area contributed by atoms with Gasteiger partial charge in [-0.05, 0) is 30.7 Å². The molecule has 3 N–H and O–H groups in total. The quantitative estimate of drug-likeness (QED) is 0.593. The maximum Gasteiger partial charge on any atom is 0.257 e. The van der Waals surface area contributed by atoms with Gasteiger partial charge in [-0.1, -0.05) is 18.2 Å². The van der Waals surface area contributed by atoms with E-state index in [1.54, 1.807) is 30.3 Å². The number of likely N-dealkylation sites (tertiary alicyclic amines) is 1.